The first-order valence-corrected chi connectivity index (χ1v) is 6.26. The van der Waals surface area contributed by atoms with Gasteiger partial charge in [0.1, 0.15) is 11.5 Å². The van der Waals surface area contributed by atoms with Crippen molar-refractivity contribution in [3.63, 3.8) is 0 Å². The molecule has 18 heavy (non-hydrogen) atoms. The van der Waals surface area contributed by atoms with Crippen molar-refractivity contribution < 1.29 is 13.2 Å². The smallest absolute Gasteiger partial charge is 0.367 e. The van der Waals surface area contributed by atoms with Gasteiger partial charge in [-0.2, -0.15) is 13.2 Å². The Morgan fingerprint density at radius 3 is 2.72 bits per heavy atom. The first-order valence-electron chi connectivity index (χ1n) is 6.26. The number of hydrogen-bond acceptors (Lipinski definition) is 2. The number of nitrogens with zero attached hydrogens (tertiary/aromatic N) is 1. The second-order valence-corrected chi connectivity index (χ2v) is 5.02. The van der Waals surface area contributed by atoms with Gasteiger partial charge in [-0.3, -0.25) is 0 Å². The third-order valence-corrected chi connectivity index (χ3v) is 3.33. The van der Waals surface area contributed by atoms with Crippen molar-refractivity contribution in [1.29, 1.82) is 0 Å². The quantitative estimate of drug-likeness (QED) is 0.864. The number of nitrogens with one attached hydrogen (secondary N) is 1. The highest BCUT2D eigenvalue weighted by atomic mass is 19.4. The minimum atomic E-state index is -4.38. The van der Waals surface area contributed by atoms with Crippen LogP contribution >= 0.6 is 0 Å². The van der Waals surface area contributed by atoms with Gasteiger partial charge in [-0.25, -0.2) is 4.98 Å². The molecule has 1 aliphatic carbocycles. The number of halogens is 3. The maximum atomic E-state index is 12.5. The summed E-state index contributed by atoms with van der Waals surface area (Å²) in [6, 6.07) is 4.22. The summed E-state index contributed by atoms with van der Waals surface area (Å²) in [7, 11) is 0. The van der Waals surface area contributed by atoms with E-state index in [-0.39, 0.29) is 6.04 Å². The number of alkyl halides is 3. The van der Waals surface area contributed by atoms with E-state index >= 15 is 0 Å². The van der Waals surface area contributed by atoms with Gasteiger partial charge in [0.25, 0.3) is 0 Å². The number of hydrogen-bond donors (Lipinski definition) is 1. The highest BCUT2D eigenvalue weighted by Crippen LogP contribution is 2.29. The van der Waals surface area contributed by atoms with Gasteiger partial charge in [0.05, 0.1) is 0 Å². The first kappa shape index (κ1) is 13.2. The molecule has 2 nitrogen and oxygen atoms in total. The predicted octanol–water partition coefficient (Wildman–Crippen LogP) is 4.09. The van der Waals surface area contributed by atoms with Crippen LogP contribution in [0.25, 0.3) is 0 Å². The van der Waals surface area contributed by atoms with Crippen LogP contribution in [0.3, 0.4) is 0 Å². The van der Waals surface area contributed by atoms with Gasteiger partial charge in [0, 0.05) is 6.04 Å². The van der Waals surface area contributed by atoms with Gasteiger partial charge >= 0.3 is 6.18 Å². The normalized spacial score (nSPS) is 24.9. The van der Waals surface area contributed by atoms with Crippen molar-refractivity contribution in [1.82, 2.24) is 4.98 Å². The third-order valence-electron chi connectivity index (χ3n) is 3.33. The fourth-order valence-electron chi connectivity index (χ4n) is 2.45. The predicted molar refractivity (Wildman–Crippen MR) is 64.3 cm³/mol. The molecule has 1 aromatic rings. The first-order chi connectivity index (χ1) is 8.45. The Balaban J connectivity index is 2.05. The van der Waals surface area contributed by atoms with E-state index in [4.69, 9.17) is 0 Å². The molecule has 1 saturated carbocycles. The Hall–Kier alpha value is -1.26. The van der Waals surface area contributed by atoms with Gasteiger partial charge in [0.15, 0.2) is 0 Å². The molecule has 0 radical (unpaired) electrons. The lowest BCUT2D eigenvalue weighted by molar-refractivity contribution is -0.141. The van der Waals surface area contributed by atoms with Crippen LogP contribution in [0.15, 0.2) is 18.2 Å². The Morgan fingerprint density at radius 2 is 2.06 bits per heavy atom. The van der Waals surface area contributed by atoms with Gasteiger partial charge in [0.2, 0.25) is 0 Å². The Bertz CT molecular complexity index is 403. The Labute approximate surface area is 105 Å². The van der Waals surface area contributed by atoms with E-state index in [9.17, 15) is 13.2 Å². The van der Waals surface area contributed by atoms with Crippen LogP contribution in [0.1, 0.15) is 38.3 Å². The fourth-order valence-corrected chi connectivity index (χ4v) is 2.45. The maximum absolute atomic E-state index is 12.5. The van der Waals surface area contributed by atoms with E-state index in [1.807, 2.05) is 0 Å². The summed E-state index contributed by atoms with van der Waals surface area (Å²) in [5, 5.41) is 3.11. The van der Waals surface area contributed by atoms with Crippen molar-refractivity contribution in [3.05, 3.63) is 23.9 Å². The summed E-state index contributed by atoms with van der Waals surface area (Å²) in [6.07, 6.45) is -0.0519. The zero-order chi connectivity index (χ0) is 13.2. The van der Waals surface area contributed by atoms with E-state index in [1.165, 1.54) is 12.5 Å². The minimum absolute atomic E-state index is 0.240. The van der Waals surface area contributed by atoms with E-state index in [0.717, 1.165) is 25.3 Å². The van der Waals surface area contributed by atoms with Crippen molar-refractivity contribution >= 4 is 5.82 Å². The van der Waals surface area contributed by atoms with Crippen LogP contribution < -0.4 is 5.32 Å². The van der Waals surface area contributed by atoms with Crippen molar-refractivity contribution in [2.75, 3.05) is 5.32 Å². The van der Waals surface area contributed by atoms with Gasteiger partial charge in [-0.05, 0) is 30.9 Å². The highest BCUT2D eigenvalue weighted by Gasteiger charge is 2.32. The molecule has 2 atom stereocenters. The van der Waals surface area contributed by atoms with Gasteiger partial charge < -0.3 is 5.32 Å². The summed E-state index contributed by atoms with van der Waals surface area (Å²) in [5.41, 5.74) is -0.837. The van der Waals surface area contributed by atoms with Crippen LogP contribution in [-0.4, -0.2) is 11.0 Å². The molecule has 0 aromatic carbocycles. The summed E-state index contributed by atoms with van der Waals surface area (Å²) >= 11 is 0. The monoisotopic (exact) mass is 258 g/mol. The van der Waals surface area contributed by atoms with Crippen molar-refractivity contribution in [2.45, 2.75) is 44.8 Å². The van der Waals surface area contributed by atoms with Crippen LogP contribution in [0.4, 0.5) is 19.0 Å². The highest BCUT2D eigenvalue weighted by molar-refractivity contribution is 5.37. The lowest BCUT2D eigenvalue weighted by atomic mass is 9.87. The minimum Gasteiger partial charge on any atom is -0.367 e. The molecule has 1 heterocycles. The van der Waals surface area contributed by atoms with Crippen LogP contribution in [0, 0.1) is 5.92 Å². The Kier molecular flexibility index (Phi) is 3.78. The maximum Gasteiger partial charge on any atom is 0.433 e. The molecule has 1 N–H and O–H groups in total. The molecule has 1 aliphatic rings. The number of anilines is 1. The van der Waals surface area contributed by atoms with Crippen LogP contribution in [0.5, 0.6) is 0 Å². The molecule has 0 amide bonds. The molecule has 1 fully saturated rings. The molecule has 5 heteroatoms. The van der Waals surface area contributed by atoms with Crippen LogP contribution in [0.2, 0.25) is 0 Å². The molecule has 2 unspecified atom stereocenters. The van der Waals surface area contributed by atoms with E-state index in [0.29, 0.717) is 11.7 Å². The van der Waals surface area contributed by atoms with Crippen molar-refractivity contribution in [2.24, 2.45) is 5.92 Å². The molecule has 0 spiro atoms. The third kappa shape index (κ3) is 3.37. The Morgan fingerprint density at radius 1 is 1.28 bits per heavy atom. The average molecular weight is 258 g/mol. The molecular formula is C13H17F3N2. The van der Waals surface area contributed by atoms with Crippen molar-refractivity contribution in [3.8, 4) is 0 Å². The molecule has 2 rings (SSSR count). The molecule has 0 aliphatic heterocycles. The van der Waals surface area contributed by atoms with E-state index in [1.54, 1.807) is 6.07 Å². The molecule has 0 saturated heterocycles. The zero-order valence-electron chi connectivity index (χ0n) is 10.3. The summed E-state index contributed by atoms with van der Waals surface area (Å²) in [6.45, 7) is 2.17. The van der Waals surface area contributed by atoms with E-state index < -0.39 is 11.9 Å². The van der Waals surface area contributed by atoms with Gasteiger partial charge in [-0.15, -0.1) is 0 Å². The fraction of sp³-hybridized carbons (Fsp3) is 0.615. The number of aromatic nitrogens is 1. The topological polar surface area (TPSA) is 24.9 Å². The zero-order valence-corrected chi connectivity index (χ0v) is 10.3. The summed E-state index contributed by atoms with van der Waals surface area (Å²) < 4.78 is 37.6. The SMILES string of the molecule is CC1CCCC(Nc2cccc(C(F)(F)F)n2)C1. The summed E-state index contributed by atoms with van der Waals surface area (Å²) in [5.74, 6) is 0.950. The number of rotatable bonds is 2. The lowest BCUT2D eigenvalue weighted by Gasteiger charge is -2.28. The second kappa shape index (κ2) is 5.16. The van der Waals surface area contributed by atoms with Crippen LogP contribution in [-0.2, 0) is 6.18 Å². The van der Waals surface area contributed by atoms with Gasteiger partial charge in [-0.1, -0.05) is 25.8 Å². The average Bonchev–Trinajstić information content (AvgIpc) is 2.28. The number of pyridine rings is 1. The standard InChI is InChI=1S/C13H17F3N2/c1-9-4-2-5-10(8-9)17-12-7-3-6-11(18-12)13(14,15)16/h3,6-7,9-10H,2,4-5,8H2,1H3,(H,17,18). The molecule has 1 aromatic heterocycles. The molecule has 0 bridgehead atoms. The second-order valence-electron chi connectivity index (χ2n) is 5.02. The molecule has 100 valence electrons. The van der Waals surface area contributed by atoms with E-state index in [2.05, 4.69) is 17.2 Å². The summed E-state index contributed by atoms with van der Waals surface area (Å²) in [4.78, 5) is 3.63. The molecular weight excluding hydrogens is 241 g/mol. The largest absolute Gasteiger partial charge is 0.433 e. The lowest BCUT2D eigenvalue weighted by Crippen LogP contribution is -2.26.